The molecule has 1 rings (SSSR count). The number of alkyl halides is 2. The van der Waals surface area contributed by atoms with E-state index in [0.29, 0.717) is 13.2 Å². The van der Waals surface area contributed by atoms with Crippen molar-refractivity contribution in [3.63, 3.8) is 0 Å². The number of rotatable bonds is 7. The fraction of sp³-hybridized carbons (Fsp3) is 0.538. The third kappa shape index (κ3) is 5.24. The third-order valence-corrected chi connectivity index (χ3v) is 2.44. The van der Waals surface area contributed by atoms with Gasteiger partial charge in [0, 0.05) is 25.3 Å². The Balaban J connectivity index is 2.32. The van der Waals surface area contributed by atoms with E-state index in [1.807, 2.05) is 13.8 Å². The Hall–Kier alpha value is -1.00. The summed E-state index contributed by atoms with van der Waals surface area (Å²) in [6, 6.07) is 6.38. The van der Waals surface area contributed by atoms with Crippen LogP contribution in [0.1, 0.15) is 31.4 Å². The lowest BCUT2D eigenvalue weighted by Gasteiger charge is -2.12. The van der Waals surface area contributed by atoms with Gasteiger partial charge in [-0.05, 0) is 19.4 Å². The molecule has 0 amide bonds. The fourth-order valence-corrected chi connectivity index (χ4v) is 1.54. The first kappa shape index (κ1) is 14.1. The molecule has 1 aromatic carbocycles. The second-order valence-corrected chi connectivity index (χ2v) is 3.94. The standard InChI is InChI=1S/C13H19F2NO/c1-3-17-10(2)8-16-9-11-4-6-12(7-5-11)13(14)15/h4-7,10,13,16H,3,8-9H2,1-2H3. The van der Waals surface area contributed by atoms with E-state index in [0.717, 1.165) is 12.1 Å². The van der Waals surface area contributed by atoms with Crippen LogP contribution in [0.25, 0.3) is 0 Å². The highest BCUT2D eigenvalue weighted by Crippen LogP contribution is 2.18. The maximum Gasteiger partial charge on any atom is 0.263 e. The molecule has 0 aromatic heterocycles. The monoisotopic (exact) mass is 243 g/mol. The molecule has 0 radical (unpaired) electrons. The molecule has 0 aliphatic carbocycles. The number of ether oxygens (including phenoxy) is 1. The summed E-state index contributed by atoms with van der Waals surface area (Å²) < 4.78 is 30.0. The molecule has 0 aliphatic heterocycles. The molecule has 0 saturated heterocycles. The highest BCUT2D eigenvalue weighted by molar-refractivity contribution is 5.23. The van der Waals surface area contributed by atoms with E-state index in [4.69, 9.17) is 4.74 Å². The molecular formula is C13H19F2NO. The maximum absolute atomic E-state index is 12.3. The molecular weight excluding hydrogens is 224 g/mol. The largest absolute Gasteiger partial charge is 0.377 e. The molecule has 1 N–H and O–H groups in total. The average Bonchev–Trinajstić information content (AvgIpc) is 2.30. The van der Waals surface area contributed by atoms with E-state index in [9.17, 15) is 8.78 Å². The fourth-order valence-electron chi connectivity index (χ4n) is 1.54. The number of hydrogen-bond acceptors (Lipinski definition) is 2. The van der Waals surface area contributed by atoms with E-state index < -0.39 is 6.43 Å². The van der Waals surface area contributed by atoms with Crippen molar-refractivity contribution >= 4 is 0 Å². The zero-order chi connectivity index (χ0) is 12.7. The second-order valence-electron chi connectivity index (χ2n) is 3.94. The van der Waals surface area contributed by atoms with Crippen molar-refractivity contribution in [3.8, 4) is 0 Å². The molecule has 1 aromatic rings. The topological polar surface area (TPSA) is 21.3 Å². The van der Waals surface area contributed by atoms with Gasteiger partial charge < -0.3 is 10.1 Å². The Morgan fingerprint density at radius 3 is 2.41 bits per heavy atom. The van der Waals surface area contributed by atoms with Gasteiger partial charge >= 0.3 is 0 Å². The number of hydrogen-bond donors (Lipinski definition) is 1. The summed E-state index contributed by atoms with van der Waals surface area (Å²) in [5.41, 5.74) is 1.06. The summed E-state index contributed by atoms with van der Waals surface area (Å²) in [6.07, 6.45) is -2.23. The normalized spacial score (nSPS) is 13.0. The van der Waals surface area contributed by atoms with Crippen molar-refractivity contribution < 1.29 is 13.5 Å². The van der Waals surface area contributed by atoms with Crippen molar-refractivity contribution in [2.24, 2.45) is 0 Å². The minimum Gasteiger partial charge on any atom is -0.377 e. The average molecular weight is 243 g/mol. The van der Waals surface area contributed by atoms with Gasteiger partial charge in [-0.15, -0.1) is 0 Å². The van der Waals surface area contributed by atoms with E-state index in [1.54, 1.807) is 12.1 Å². The van der Waals surface area contributed by atoms with E-state index >= 15 is 0 Å². The maximum atomic E-state index is 12.3. The van der Waals surface area contributed by atoms with Crippen molar-refractivity contribution in [1.82, 2.24) is 5.32 Å². The van der Waals surface area contributed by atoms with Crippen LogP contribution >= 0.6 is 0 Å². The quantitative estimate of drug-likeness (QED) is 0.794. The first-order chi connectivity index (χ1) is 8.13. The Bertz CT molecular complexity index is 314. The van der Waals surface area contributed by atoms with Crippen LogP contribution < -0.4 is 5.32 Å². The highest BCUT2D eigenvalue weighted by atomic mass is 19.3. The predicted octanol–water partition coefficient (Wildman–Crippen LogP) is 3.14. The second kappa shape index (κ2) is 7.35. The van der Waals surface area contributed by atoms with Gasteiger partial charge in [0.1, 0.15) is 0 Å². The minimum atomic E-state index is -2.39. The summed E-state index contributed by atoms with van der Waals surface area (Å²) in [6.45, 7) is 6.08. The van der Waals surface area contributed by atoms with Gasteiger partial charge in [-0.3, -0.25) is 0 Å². The van der Waals surface area contributed by atoms with Crippen LogP contribution in [0.4, 0.5) is 8.78 Å². The molecule has 1 unspecified atom stereocenters. The smallest absolute Gasteiger partial charge is 0.263 e. The summed E-state index contributed by atoms with van der Waals surface area (Å²) in [5.74, 6) is 0. The van der Waals surface area contributed by atoms with E-state index in [2.05, 4.69) is 5.32 Å². The zero-order valence-electron chi connectivity index (χ0n) is 10.2. The molecule has 2 nitrogen and oxygen atoms in total. The lowest BCUT2D eigenvalue weighted by atomic mass is 10.1. The van der Waals surface area contributed by atoms with Gasteiger partial charge in [0.2, 0.25) is 0 Å². The summed E-state index contributed by atoms with van der Waals surface area (Å²) >= 11 is 0. The molecule has 0 bridgehead atoms. The van der Waals surface area contributed by atoms with Gasteiger partial charge in [-0.2, -0.15) is 0 Å². The van der Waals surface area contributed by atoms with Crippen molar-refractivity contribution in [2.75, 3.05) is 13.2 Å². The number of benzene rings is 1. The number of nitrogens with one attached hydrogen (secondary N) is 1. The molecule has 0 saturated carbocycles. The van der Waals surface area contributed by atoms with Gasteiger partial charge in [-0.25, -0.2) is 8.78 Å². The van der Waals surface area contributed by atoms with Crippen LogP contribution in [0.5, 0.6) is 0 Å². The molecule has 1 atom stereocenters. The lowest BCUT2D eigenvalue weighted by Crippen LogP contribution is -2.26. The Morgan fingerprint density at radius 1 is 1.24 bits per heavy atom. The summed E-state index contributed by atoms with van der Waals surface area (Å²) in [7, 11) is 0. The van der Waals surface area contributed by atoms with Crippen LogP contribution in [0, 0.1) is 0 Å². The molecule has 4 heteroatoms. The Morgan fingerprint density at radius 2 is 1.88 bits per heavy atom. The predicted molar refractivity (Wildman–Crippen MR) is 64.2 cm³/mol. The lowest BCUT2D eigenvalue weighted by molar-refractivity contribution is 0.0759. The van der Waals surface area contributed by atoms with Gasteiger partial charge in [0.05, 0.1) is 6.10 Å². The highest BCUT2D eigenvalue weighted by Gasteiger charge is 2.05. The van der Waals surface area contributed by atoms with E-state index in [1.165, 1.54) is 12.1 Å². The van der Waals surface area contributed by atoms with Gasteiger partial charge in [0.15, 0.2) is 0 Å². The molecule has 0 heterocycles. The molecule has 0 spiro atoms. The van der Waals surface area contributed by atoms with Crippen molar-refractivity contribution in [1.29, 1.82) is 0 Å². The SMILES string of the molecule is CCOC(C)CNCc1ccc(C(F)F)cc1. The van der Waals surface area contributed by atoms with Crippen LogP contribution in [-0.4, -0.2) is 19.3 Å². The van der Waals surface area contributed by atoms with Crippen molar-refractivity contribution in [2.45, 2.75) is 32.9 Å². The zero-order valence-corrected chi connectivity index (χ0v) is 10.2. The molecule has 0 fully saturated rings. The molecule has 0 aliphatic rings. The Labute approximate surface area is 101 Å². The summed E-state index contributed by atoms with van der Waals surface area (Å²) in [4.78, 5) is 0. The van der Waals surface area contributed by atoms with Crippen LogP contribution in [-0.2, 0) is 11.3 Å². The minimum absolute atomic E-state index is 0.0661. The number of halogens is 2. The third-order valence-electron chi connectivity index (χ3n) is 2.44. The summed E-state index contributed by atoms with van der Waals surface area (Å²) in [5, 5.41) is 3.22. The van der Waals surface area contributed by atoms with Crippen LogP contribution in [0.2, 0.25) is 0 Å². The molecule has 17 heavy (non-hydrogen) atoms. The Kier molecular flexibility index (Phi) is 6.08. The van der Waals surface area contributed by atoms with Gasteiger partial charge in [-0.1, -0.05) is 24.3 Å². The van der Waals surface area contributed by atoms with Crippen LogP contribution in [0.15, 0.2) is 24.3 Å². The molecule has 96 valence electrons. The van der Waals surface area contributed by atoms with Crippen molar-refractivity contribution in [3.05, 3.63) is 35.4 Å². The van der Waals surface area contributed by atoms with E-state index in [-0.39, 0.29) is 11.7 Å². The first-order valence-electron chi connectivity index (χ1n) is 5.82. The van der Waals surface area contributed by atoms with Crippen LogP contribution in [0.3, 0.4) is 0 Å². The first-order valence-corrected chi connectivity index (χ1v) is 5.82. The van der Waals surface area contributed by atoms with Gasteiger partial charge in [0.25, 0.3) is 6.43 Å².